The van der Waals surface area contributed by atoms with Gasteiger partial charge in [0.25, 0.3) is 0 Å². The normalized spacial score (nSPS) is 12.2. The third-order valence-corrected chi connectivity index (χ3v) is 2.65. The lowest BCUT2D eigenvalue weighted by Gasteiger charge is -2.12. The molecule has 0 saturated carbocycles. The van der Waals surface area contributed by atoms with Gasteiger partial charge in [-0.25, -0.2) is 4.98 Å². The number of amides is 1. The van der Waals surface area contributed by atoms with Gasteiger partial charge in [-0.2, -0.15) is 0 Å². The number of anilines is 1. The van der Waals surface area contributed by atoms with E-state index in [1.165, 1.54) is 6.20 Å². The predicted molar refractivity (Wildman–Crippen MR) is 67.1 cm³/mol. The Morgan fingerprint density at radius 2 is 2.41 bits per heavy atom. The standard InChI is InChI=1S/C11H16ClN3O2/c1-7-5-8(6-14-10(7)12)15-11(16)9(13)3-4-17-2/h5-6,9H,3-4,13H2,1-2H3,(H,15,16). The van der Waals surface area contributed by atoms with Gasteiger partial charge < -0.3 is 15.8 Å². The van der Waals surface area contributed by atoms with Gasteiger partial charge in [0.15, 0.2) is 0 Å². The number of methoxy groups -OCH3 is 1. The summed E-state index contributed by atoms with van der Waals surface area (Å²) >= 11 is 5.78. The number of nitrogens with zero attached hydrogens (tertiary/aromatic N) is 1. The number of pyridine rings is 1. The third-order valence-electron chi connectivity index (χ3n) is 2.25. The molecule has 0 aliphatic rings. The first-order valence-corrected chi connectivity index (χ1v) is 5.60. The van der Waals surface area contributed by atoms with Crippen molar-refractivity contribution in [2.45, 2.75) is 19.4 Å². The van der Waals surface area contributed by atoms with Crippen LogP contribution >= 0.6 is 11.6 Å². The minimum absolute atomic E-state index is 0.259. The summed E-state index contributed by atoms with van der Waals surface area (Å²) in [7, 11) is 1.57. The molecule has 0 aromatic carbocycles. The molecule has 0 spiro atoms. The van der Waals surface area contributed by atoms with Gasteiger partial charge in [-0.3, -0.25) is 4.79 Å². The molecule has 0 aliphatic carbocycles. The quantitative estimate of drug-likeness (QED) is 0.781. The molecule has 1 atom stereocenters. The van der Waals surface area contributed by atoms with E-state index >= 15 is 0 Å². The predicted octanol–water partition coefficient (Wildman–Crippen LogP) is 1.35. The average Bonchev–Trinajstić information content (AvgIpc) is 2.30. The number of nitrogens with one attached hydrogen (secondary N) is 1. The second-order valence-corrected chi connectivity index (χ2v) is 4.07. The van der Waals surface area contributed by atoms with Gasteiger partial charge in [-0.05, 0) is 25.0 Å². The Kier molecular flexibility index (Phi) is 5.34. The van der Waals surface area contributed by atoms with Crippen LogP contribution < -0.4 is 11.1 Å². The Balaban J connectivity index is 2.58. The molecule has 1 aromatic heterocycles. The number of nitrogens with two attached hydrogens (primary N) is 1. The second kappa shape index (κ2) is 6.54. The molecule has 0 fully saturated rings. The number of ether oxygens (including phenoxy) is 1. The molecule has 1 unspecified atom stereocenters. The van der Waals surface area contributed by atoms with Crippen molar-refractivity contribution in [1.29, 1.82) is 0 Å². The Hall–Kier alpha value is -1.17. The van der Waals surface area contributed by atoms with Gasteiger partial charge in [-0.1, -0.05) is 11.6 Å². The van der Waals surface area contributed by atoms with Gasteiger partial charge in [0, 0.05) is 13.7 Å². The number of halogens is 1. The number of hydrogen-bond donors (Lipinski definition) is 2. The zero-order chi connectivity index (χ0) is 12.8. The zero-order valence-corrected chi connectivity index (χ0v) is 10.6. The summed E-state index contributed by atoms with van der Waals surface area (Å²) in [6.07, 6.45) is 1.97. The highest BCUT2D eigenvalue weighted by molar-refractivity contribution is 6.30. The molecule has 5 nitrogen and oxygen atoms in total. The highest BCUT2D eigenvalue weighted by Gasteiger charge is 2.13. The number of rotatable bonds is 5. The van der Waals surface area contributed by atoms with Crippen LogP contribution in [0.2, 0.25) is 5.15 Å². The van der Waals surface area contributed by atoms with Crippen LogP contribution in [0.5, 0.6) is 0 Å². The first-order chi connectivity index (χ1) is 8.04. The lowest BCUT2D eigenvalue weighted by Crippen LogP contribution is -2.36. The fourth-order valence-corrected chi connectivity index (χ4v) is 1.34. The maximum Gasteiger partial charge on any atom is 0.241 e. The van der Waals surface area contributed by atoms with Gasteiger partial charge in [0.05, 0.1) is 17.9 Å². The molecule has 3 N–H and O–H groups in total. The number of aryl methyl sites for hydroxylation is 1. The van der Waals surface area contributed by atoms with Gasteiger partial charge in [0.1, 0.15) is 5.15 Å². The SMILES string of the molecule is COCCC(N)C(=O)Nc1cnc(Cl)c(C)c1. The van der Waals surface area contributed by atoms with Crippen LogP contribution in [0.3, 0.4) is 0 Å². The largest absolute Gasteiger partial charge is 0.385 e. The maximum absolute atomic E-state index is 11.7. The molecule has 1 heterocycles. The van der Waals surface area contributed by atoms with Crippen LogP contribution in [-0.4, -0.2) is 30.6 Å². The molecule has 6 heteroatoms. The smallest absolute Gasteiger partial charge is 0.241 e. The van der Waals surface area contributed by atoms with E-state index in [1.807, 2.05) is 6.92 Å². The summed E-state index contributed by atoms with van der Waals surface area (Å²) in [5.41, 5.74) is 7.07. The first-order valence-electron chi connectivity index (χ1n) is 5.22. The summed E-state index contributed by atoms with van der Waals surface area (Å²) in [6, 6.07) is 1.15. The van der Waals surface area contributed by atoms with Crippen molar-refractivity contribution in [2.75, 3.05) is 19.0 Å². The van der Waals surface area contributed by atoms with Crippen molar-refractivity contribution >= 4 is 23.2 Å². The van der Waals surface area contributed by atoms with Crippen molar-refractivity contribution in [1.82, 2.24) is 4.98 Å². The molecule has 17 heavy (non-hydrogen) atoms. The number of carbonyl (C=O) groups is 1. The molecular weight excluding hydrogens is 242 g/mol. The zero-order valence-electron chi connectivity index (χ0n) is 9.87. The molecule has 0 saturated heterocycles. The molecule has 0 radical (unpaired) electrons. The van der Waals surface area contributed by atoms with Crippen LogP contribution in [0.15, 0.2) is 12.3 Å². The lowest BCUT2D eigenvalue weighted by atomic mass is 10.2. The second-order valence-electron chi connectivity index (χ2n) is 3.71. The average molecular weight is 258 g/mol. The van der Waals surface area contributed by atoms with Crippen molar-refractivity contribution in [2.24, 2.45) is 5.73 Å². The number of carbonyl (C=O) groups excluding carboxylic acids is 1. The van der Waals surface area contributed by atoms with Crippen molar-refractivity contribution < 1.29 is 9.53 Å². The van der Waals surface area contributed by atoms with Crippen LogP contribution in [0.4, 0.5) is 5.69 Å². The number of hydrogen-bond acceptors (Lipinski definition) is 4. The fourth-order valence-electron chi connectivity index (χ4n) is 1.24. The summed E-state index contributed by atoms with van der Waals surface area (Å²) < 4.78 is 4.86. The van der Waals surface area contributed by atoms with E-state index in [0.29, 0.717) is 23.9 Å². The fraction of sp³-hybridized carbons (Fsp3) is 0.455. The summed E-state index contributed by atoms with van der Waals surface area (Å²) in [5.74, 6) is -0.259. The van der Waals surface area contributed by atoms with Gasteiger partial charge in [-0.15, -0.1) is 0 Å². The van der Waals surface area contributed by atoms with Crippen LogP contribution in [0, 0.1) is 6.92 Å². The van der Waals surface area contributed by atoms with E-state index < -0.39 is 6.04 Å². The summed E-state index contributed by atoms with van der Waals surface area (Å²) in [5, 5.41) is 3.10. The molecule has 1 aromatic rings. The van der Waals surface area contributed by atoms with E-state index in [0.717, 1.165) is 5.56 Å². The Morgan fingerprint density at radius 1 is 1.71 bits per heavy atom. The lowest BCUT2D eigenvalue weighted by molar-refractivity contribution is -0.117. The summed E-state index contributed by atoms with van der Waals surface area (Å²) in [6.45, 7) is 2.27. The maximum atomic E-state index is 11.7. The monoisotopic (exact) mass is 257 g/mol. The van der Waals surface area contributed by atoms with Crippen molar-refractivity contribution in [3.05, 3.63) is 23.0 Å². The molecule has 0 aliphatic heterocycles. The van der Waals surface area contributed by atoms with E-state index in [2.05, 4.69) is 10.3 Å². The molecule has 0 bridgehead atoms. The van der Waals surface area contributed by atoms with E-state index in [-0.39, 0.29) is 5.91 Å². The van der Waals surface area contributed by atoms with Gasteiger partial charge in [0.2, 0.25) is 5.91 Å². The van der Waals surface area contributed by atoms with E-state index in [9.17, 15) is 4.79 Å². The minimum Gasteiger partial charge on any atom is -0.385 e. The van der Waals surface area contributed by atoms with E-state index in [1.54, 1.807) is 13.2 Å². The Bertz CT molecular complexity index is 398. The highest BCUT2D eigenvalue weighted by atomic mass is 35.5. The molecular formula is C11H16ClN3O2. The van der Waals surface area contributed by atoms with Crippen LogP contribution in [0.25, 0.3) is 0 Å². The molecule has 1 rings (SSSR count). The summed E-state index contributed by atoms with van der Waals surface area (Å²) in [4.78, 5) is 15.6. The Labute approximate surface area is 105 Å². The topological polar surface area (TPSA) is 77.2 Å². The molecule has 94 valence electrons. The number of aromatic nitrogens is 1. The highest BCUT2D eigenvalue weighted by Crippen LogP contribution is 2.16. The van der Waals surface area contributed by atoms with Crippen LogP contribution in [-0.2, 0) is 9.53 Å². The van der Waals surface area contributed by atoms with Crippen LogP contribution in [0.1, 0.15) is 12.0 Å². The van der Waals surface area contributed by atoms with Gasteiger partial charge >= 0.3 is 0 Å². The molecule has 1 amide bonds. The first kappa shape index (κ1) is 13.9. The third kappa shape index (κ3) is 4.30. The minimum atomic E-state index is -0.592. The van der Waals surface area contributed by atoms with Crippen molar-refractivity contribution in [3.8, 4) is 0 Å². The van der Waals surface area contributed by atoms with Crippen molar-refractivity contribution in [3.63, 3.8) is 0 Å². The Morgan fingerprint density at radius 3 is 3.00 bits per heavy atom. The van der Waals surface area contributed by atoms with E-state index in [4.69, 9.17) is 22.1 Å².